The van der Waals surface area contributed by atoms with E-state index in [1.165, 1.54) is 13.3 Å². The maximum absolute atomic E-state index is 12.6. The van der Waals surface area contributed by atoms with Crippen molar-refractivity contribution >= 4 is 29.7 Å². The highest BCUT2D eigenvalue weighted by atomic mass is 16.5. The Morgan fingerprint density at radius 2 is 1.89 bits per heavy atom. The van der Waals surface area contributed by atoms with Gasteiger partial charge in [-0.3, -0.25) is 14.6 Å². The maximum Gasteiger partial charge on any atom is 0.337 e. The van der Waals surface area contributed by atoms with E-state index < -0.39 is 5.97 Å². The fraction of sp³-hybridized carbons (Fsp3) is 0.263. The van der Waals surface area contributed by atoms with Crippen LogP contribution in [0.4, 0.5) is 11.4 Å². The van der Waals surface area contributed by atoms with Crippen molar-refractivity contribution in [2.75, 3.05) is 43.5 Å². The first-order valence-corrected chi connectivity index (χ1v) is 8.50. The molecule has 2 amide bonds. The lowest BCUT2D eigenvalue weighted by atomic mass is 10.2. The molecule has 1 fully saturated rings. The van der Waals surface area contributed by atoms with Crippen LogP contribution in [-0.2, 0) is 9.53 Å². The Hall–Kier alpha value is -3.42. The van der Waals surface area contributed by atoms with Crippen LogP contribution in [0.5, 0.6) is 0 Å². The minimum absolute atomic E-state index is 0.321. The molecule has 1 saturated heterocycles. The number of piperazine rings is 1. The number of nitrogens with one attached hydrogen (secondary N) is 1. The fourth-order valence-electron chi connectivity index (χ4n) is 2.86. The van der Waals surface area contributed by atoms with Crippen LogP contribution in [0.25, 0.3) is 0 Å². The highest BCUT2D eigenvalue weighted by Gasteiger charge is 2.17. The Morgan fingerprint density at radius 3 is 2.59 bits per heavy atom. The van der Waals surface area contributed by atoms with Crippen molar-refractivity contribution in [2.24, 2.45) is 0 Å². The monoisotopic (exact) mass is 368 g/mol. The van der Waals surface area contributed by atoms with Crippen molar-refractivity contribution in [3.8, 4) is 0 Å². The Morgan fingerprint density at radius 1 is 1.11 bits per heavy atom. The van der Waals surface area contributed by atoms with E-state index in [4.69, 9.17) is 0 Å². The summed E-state index contributed by atoms with van der Waals surface area (Å²) in [6.45, 7) is 2.65. The van der Waals surface area contributed by atoms with Crippen molar-refractivity contribution < 1.29 is 19.1 Å². The lowest BCUT2D eigenvalue weighted by Gasteiger charge is -2.34. The summed E-state index contributed by atoms with van der Waals surface area (Å²) in [6, 6.07) is 8.30. The number of methoxy groups -OCH3 is 1. The van der Waals surface area contributed by atoms with Gasteiger partial charge in [0.15, 0.2) is 0 Å². The number of carbonyl (C=O) groups excluding carboxylic acids is 3. The van der Waals surface area contributed by atoms with Gasteiger partial charge in [0.1, 0.15) is 0 Å². The molecule has 1 aliphatic rings. The number of amides is 2. The van der Waals surface area contributed by atoms with Gasteiger partial charge in [0.25, 0.3) is 5.91 Å². The lowest BCUT2D eigenvalue weighted by molar-refractivity contribution is -0.118. The van der Waals surface area contributed by atoms with Crippen molar-refractivity contribution in [1.29, 1.82) is 0 Å². The summed E-state index contributed by atoms with van der Waals surface area (Å²) >= 11 is 0. The molecule has 1 aromatic heterocycles. The highest BCUT2D eigenvalue weighted by Crippen LogP contribution is 2.18. The first kappa shape index (κ1) is 18.4. The summed E-state index contributed by atoms with van der Waals surface area (Å²) in [7, 11) is 1.31. The van der Waals surface area contributed by atoms with Crippen LogP contribution in [0, 0.1) is 0 Å². The zero-order valence-corrected chi connectivity index (χ0v) is 14.9. The van der Waals surface area contributed by atoms with Gasteiger partial charge in [-0.2, -0.15) is 0 Å². The standard InChI is InChI=1S/C19H20N4O4/c1-27-19(26)14-3-2-4-16(9-14)21-18(25)15-10-17(12-20-11-15)23-7-5-22(13-24)6-8-23/h2-4,9-13H,5-8H2,1H3,(H,21,25). The molecule has 8 nitrogen and oxygen atoms in total. The number of esters is 1. The smallest absolute Gasteiger partial charge is 0.337 e. The van der Waals surface area contributed by atoms with Gasteiger partial charge >= 0.3 is 5.97 Å². The molecule has 3 rings (SSSR count). The average molecular weight is 368 g/mol. The second-order valence-electron chi connectivity index (χ2n) is 6.09. The Bertz CT molecular complexity index is 847. The normalized spacial score (nSPS) is 13.8. The highest BCUT2D eigenvalue weighted by molar-refractivity contribution is 6.05. The molecule has 0 bridgehead atoms. The molecule has 2 aromatic rings. The number of benzene rings is 1. The average Bonchev–Trinajstić information content (AvgIpc) is 2.73. The number of hydrogen-bond acceptors (Lipinski definition) is 6. The Balaban J connectivity index is 1.71. The van der Waals surface area contributed by atoms with Gasteiger partial charge in [0.2, 0.25) is 6.41 Å². The number of pyridine rings is 1. The van der Waals surface area contributed by atoms with E-state index in [-0.39, 0.29) is 5.91 Å². The van der Waals surface area contributed by atoms with Crippen molar-refractivity contribution in [3.05, 3.63) is 53.9 Å². The van der Waals surface area contributed by atoms with Crippen LogP contribution in [0.15, 0.2) is 42.7 Å². The zero-order chi connectivity index (χ0) is 19.2. The van der Waals surface area contributed by atoms with Crippen molar-refractivity contribution in [1.82, 2.24) is 9.88 Å². The molecule has 0 atom stereocenters. The molecule has 1 aromatic carbocycles. The fourth-order valence-corrected chi connectivity index (χ4v) is 2.86. The third-order valence-electron chi connectivity index (χ3n) is 4.36. The van der Waals surface area contributed by atoms with Gasteiger partial charge in [-0.25, -0.2) is 4.79 Å². The van der Waals surface area contributed by atoms with E-state index in [1.807, 2.05) is 0 Å². The van der Waals surface area contributed by atoms with E-state index in [0.29, 0.717) is 43.0 Å². The summed E-state index contributed by atoms with van der Waals surface area (Å²) in [5, 5.41) is 2.76. The summed E-state index contributed by atoms with van der Waals surface area (Å²) < 4.78 is 4.69. The van der Waals surface area contributed by atoms with Gasteiger partial charge in [0, 0.05) is 38.1 Å². The molecule has 0 radical (unpaired) electrons. The van der Waals surface area contributed by atoms with Crippen LogP contribution < -0.4 is 10.2 Å². The van der Waals surface area contributed by atoms with Gasteiger partial charge in [-0.1, -0.05) is 6.07 Å². The van der Waals surface area contributed by atoms with E-state index in [2.05, 4.69) is 19.9 Å². The summed E-state index contributed by atoms with van der Waals surface area (Å²) in [5.74, 6) is -0.790. The molecule has 8 heteroatoms. The molecular formula is C19H20N4O4. The van der Waals surface area contributed by atoms with E-state index in [0.717, 1.165) is 12.1 Å². The Labute approximate surface area is 156 Å². The van der Waals surface area contributed by atoms with E-state index >= 15 is 0 Å². The largest absolute Gasteiger partial charge is 0.465 e. The number of ether oxygens (including phenoxy) is 1. The Kier molecular flexibility index (Phi) is 5.65. The number of nitrogens with zero attached hydrogens (tertiary/aromatic N) is 3. The van der Waals surface area contributed by atoms with Crippen LogP contribution >= 0.6 is 0 Å². The predicted molar refractivity (Wildman–Crippen MR) is 99.8 cm³/mol. The quantitative estimate of drug-likeness (QED) is 0.634. The molecule has 0 unspecified atom stereocenters. The van der Waals surface area contributed by atoms with E-state index in [1.54, 1.807) is 41.4 Å². The second kappa shape index (κ2) is 8.31. The number of carbonyl (C=O) groups is 3. The van der Waals surface area contributed by atoms with E-state index in [9.17, 15) is 14.4 Å². The molecule has 0 aliphatic carbocycles. The molecule has 1 N–H and O–H groups in total. The second-order valence-corrected chi connectivity index (χ2v) is 6.09. The molecule has 2 heterocycles. The molecule has 0 spiro atoms. The lowest BCUT2D eigenvalue weighted by Crippen LogP contribution is -2.45. The first-order valence-electron chi connectivity index (χ1n) is 8.50. The number of hydrogen-bond donors (Lipinski definition) is 1. The third-order valence-corrected chi connectivity index (χ3v) is 4.36. The maximum atomic E-state index is 12.6. The van der Waals surface area contributed by atoms with Gasteiger partial charge < -0.3 is 19.9 Å². The SMILES string of the molecule is COC(=O)c1cccc(NC(=O)c2cncc(N3CCN(C=O)CC3)c2)c1. The molecule has 140 valence electrons. The molecule has 27 heavy (non-hydrogen) atoms. The number of anilines is 2. The van der Waals surface area contributed by atoms with Crippen LogP contribution in [0.1, 0.15) is 20.7 Å². The minimum atomic E-state index is -0.468. The molecular weight excluding hydrogens is 348 g/mol. The summed E-state index contributed by atoms with van der Waals surface area (Å²) in [6.07, 6.45) is 4.04. The topological polar surface area (TPSA) is 91.8 Å². The molecule has 1 aliphatic heterocycles. The van der Waals surface area contributed by atoms with Crippen LogP contribution in [0.3, 0.4) is 0 Å². The van der Waals surface area contributed by atoms with Gasteiger partial charge in [0.05, 0.1) is 30.1 Å². The van der Waals surface area contributed by atoms with Crippen molar-refractivity contribution in [2.45, 2.75) is 0 Å². The number of rotatable bonds is 5. The van der Waals surface area contributed by atoms with Gasteiger partial charge in [-0.05, 0) is 24.3 Å². The third kappa shape index (κ3) is 4.41. The minimum Gasteiger partial charge on any atom is -0.465 e. The number of aromatic nitrogens is 1. The van der Waals surface area contributed by atoms with Gasteiger partial charge in [-0.15, -0.1) is 0 Å². The van der Waals surface area contributed by atoms with Crippen LogP contribution in [-0.4, -0.2) is 61.5 Å². The summed E-state index contributed by atoms with van der Waals surface area (Å²) in [4.78, 5) is 42.9. The predicted octanol–water partition coefficient (Wildman–Crippen LogP) is 1.40. The first-order chi connectivity index (χ1) is 13.1. The molecule has 0 saturated carbocycles. The van der Waals surface area contributed by atoms with Crippen molar-refractivity contribution in [3.63, 3.8) is 0 Å². The van der Waals surface area contributed by atoms with Crippen LogP contribution in [0.2, 0.25) is 0 Å². The summed E-state index contributed by atoms with van der Waals surface area (Å²) in [5.41, 5.74) is 2.09. The zero-order valence-electron chi connectivity index (χ0n) is 14.9.